The summed E-state index contributed by atoms with van der Waals surface area (Å²) in [6.45, 7) is 2.14. The Kier molecular flexibility index (Phi) is 5.60. The Labute approximate surface area is 136 Å². The van der Waals surface area contributed by atoms with E-state index in [1.165, 1.54) is 0 Å². The molecule has 0 fully saturated rings. The van der Waals surface area contributed by atoms with E-state index >= 15 is 0 Å². The Morgan fingerprint density at radius 2 is 1.74 bits per heavy atom. The summed E-state index contributed by atoms with van der Waals surface area (Å²) < 4.78 is 10.5. The first-order valence-corrected chi connectivity index (χ1v) is 7.39. The zero-order valence-electron chi connectivity index (χ0n) is 13.6. The molecule has 1 unspecified atom stereocenters. The van der Waals surface area contributed by atoms with Crippen LogP contribution in [0.4, 0.5) is 5.69 Å². The fourth-order valence-electron chi connectivity index (χ4n) is 2.41. The molecule has 2 aromatic rings. The van der Waals surface area contributed by atoms with Crippen molar-refractivity contribution in [3.05, 3.63) is 53.6 Å². The smallest absolute Gasteiger partial charge is 0.233 e. The molecule has 0 aromatic heterocycles. The highest BCUT2D eigenvalue weighted by Crippen LogP contribution is 2.33. The number of nitrogens with two attached hydrogens (primary N) is 1. The highest BCUT2D eigenvalue weighted by Gasteiger charge is 2.20. The summed E-state index contributed by atoms with van der Waals surface area (Å²) in [6.07, 6.45) is 0. The second-order valence-electron chi connectivity index (χ2n) is 5.21. The lowest BCUT2D eigenvalue weighted by Gasteiger charge is -2.18. The van der Waals surface area contributed by atoms with Crippen molar-refractivity contribution in [2.75, 3.05) is 26.1 Å². The second kappa shape index (κ2) is 7.65. The van der Waals surface area contributed by atoms with Crippen LogP contribution in [0.5, 0.6) is 11.5 Å². The fourth-order valence-corrected chi connectivity index (χ4v) is 2.41. The van der Waals surface area contributed by atoms with Gasteiger partial charge in [-0.3, -0.25) is 4.79 Å². The van der Waals surface area contributed by atoms with Gasteiger partial charge in [-0.25, -0.2) is 0 Å². The fraction of sp³-hybridized carbons (Fsp3) is 0.278. The van der Waals surface area contributed by atoms with Gasteiger partial charge >= 0.3 is 0 Å². The summed E-state index contributed by atoms with van der Waals surface area (Å²) in [5.41, 5.74) is 8.26. The van der Waals surface area contributed by atoms with Crippen molar-refractivity contribution in [3.63, 3.8) is 0 Å². The van der Waals surface area contributed by atoms with Gasteiger partial charge in [0, 0.05) is 18.3 Å². The van der Waals surface area contributed by atoms with Crippen molar-refractivity contribution in [2.45, 2.75) is 12.8 Å². The molecule has 0 aliphatic rings. The highest BCUT2D eigenvalue weighted by molar-refractivity contribution is 5.97. The third-order valence-electron chi connectivity index (χ3n) is 3.74. The van der Waals surface area contributed by atoms with Crippen molar-refractivity contribution in [3.8, 4) is 11.5 Å². The molecule has 0 saturated heterocycles. The highest BCUT2D eigenvalue weighted by atomic mass is 16.5. The number of hydrogen-bond acceptors (Lipinski definition) is 4. The van der Waals surface area contributed by atoms with Crippen LogP contribution in [0.25, 0.3) is 0 Å². The minimum absolute atomic E-state index is 0.144. The van der Waals surface area contributed by atoms with Crippen molar-refractivity contribution < 1.29 is 14.3 Å². The van der Waals surface area contributed by atoms with Crippen LogP contribution < -0.4 is 20.5 Å². The topological polar surface area (TPSA) is 73.6 Å². The first-order valence-electron chi connectivity index (χ1n) is 7.39. The molecule has 5 heteroatoms. The second-order valence-corrected chi connectivity index (χ2v) is 5.21. The van der Waals surface area contributed by atoms with Gasteiger partial charge in [0.2, 0.25) is 5.91 Å². The van der Waals surface area contributed by atoms with Crippen LogP contribution in [0.3, 0.4) is 0 Å². The van der Waals surface area contributed by atoms with Crippen LogP contribution in [0.15, 0.2) is 42.5 Å². The molecule has 23 heavy (non-hydrogen) atoms. The maximum Gasteiger partial charge on any atom is 0.233 e. The Balaban J connectivity index is 2.25. The summed E-state index contributed by atoms with van der Waals surface area (Å²) in [5, 5.41) is 2.93. The molecule has 1 atom stereocenters. The van der Waals surface area contributed by atoms with E-state index in [1.54, 1.807) is 20.3 Å². The minimum atomic E-state index is -0.399. The number of rotatable bonds is 6. The summed E-state index contributed by atoms with van der Waals surface area (Å²) in [4.78, 5) is 12.6. The van der Waals surface area contributed by atoms with E-state index in [1.807, 2.05) is 43.3 Å². The normalized spacial score (nSPS) is 11.7. The number of benzene rings is 2. The molecule has 0 aliphatic carbocycles. The molecule has 5 nitrogen and oxygen atoms in total. The molecule has 2 aromatic carbocycles. The van der Waals surface area contributed by atoms with Crippen LogP contribution in [-0.2, 0) is 4.79 Å². The quantitative estimate of drug-likeness (QED) is 0.860. The molecule has 2 rings (SSSR count). The number of methoxy groups -OCH3 is 2. The first kappa shape index (κ1) is 16.8. The number of hydrogen-bond donors (Lipinski definition) is 2. The standard InChI is InChI=1S/C18H22N2O3/c1-12-9-16(22-2)17(23-3)10-15(12)20-18(21)14(11-19)13-7-5-4-6-8-13/h4-10,14H,11,19H2,1-3H3,(H,20,21). The van der Waals surface area contributed by atoms with E-state index in [2.05, 4.69) is 5.32 Å². The van der Waals surface area contributed by atoms with E-state index in [4.69, 9.17) is 15.2 Å². The first-order chi connectivity index (χ1) is 11.1. The number of aryl methyl sites for hydroxylation is 1. The van der Waals surface area contributed by atoms with E-state index in [0.717, 1.165) is 11.1 Å². The summed E-state index contributed by atoms with van der Waals surface area (Å²) in [6, 6.07) is 13.1. The van der Waals surface area contributed by atoms with Crippen molar-refractivity contribution >= 4 is 11.6 Å². The van der Waals surface area contributed by atoms with E-state index < -0.39 is 5.92 Å². The maximum absolute atomic E-state index is 12.6. The third-order valence-corrected chi connectivity index (χ3v) is 3.74. The number of anilines is 1. The molecular weight excluding hydrogens is 292 g/mol. The Morgan fingerprint density at radius 3 is 2.30 bits per heavy atom. The van der Waals surface area contributed by atoms with Crippen molar-refractivity contribution in [1.29, 1.82) is 0 Å². The predicted octanol–water partition coefficient (Wildman–Crippen LogP) is 2.69. The zero-order chi connectivity index (χ0) is 16.8. The lowest BCUT2D eigenvalue weighted by Crippen LogP contribution is -2.27. The van der Waals surface area contributed by atoms with Gasteiger partial charge < -0.3 is 20.5 Å². The summed E-state index contributed by atoms with van der Waals surface area (Å²) in [7, 11) is 3.14. The number of nitrogens with one attached hydrogen (secondary N) is 1. The Hall–Kier alpha value is -2.53. The average Bonchev–Trinajstić information content (AvgIpc) is 2.58. The Bertz CT molecular complexity index is 671. The number of carbonyl (C=O) groups excluding carboxylic acids is 1. The molecular formula is C18H22N2O3. The van der Waals surface area contributed by atoms with Gasteiger partial charge in [-0.2, -0.15) is 0 Å². The van der Waals surface area contributed by atoms with Crippen LogP contribution >= 0.6 is 0 Å². The minimum Gasteiger partial charge on any atom is -0.493 e. The maximum atomic E-state index is 12.6. The molecule has 3 N–H and O–H groups in total. The molecule has 0 aliphatic heterocycles. The van der Waals surface area contributed by atoms with Crippen LogP contribution in [-0.4, -0.2) is 26.7 Å². The molecule has 0 bridgehead atoms. The van der Waals surface area contributed by atoms with Gasteiger partial charge in [0.25, 0.3) is 0 Å². The third kappa shape index (κ3) is 3.81. The van der Waals surface area contributed by atoms with Gasteiger partial charge in [-0.1, -0.05) is 30.3 Å². The van der Waals surface area contributed by atoms with Crippen LogP contribution in [0.2, 0.25) is 0 Å². The summed E-state index contributed by atoms with van der Waals surface area (Å²) in [5.74, 6) is 0.650. The lowest BCUT2D eigenvalue weighted by molar-refractivity contribution is -0.117. The van der Waals surface area contributed by atoms with E-state index in [-0.39, 0.29) is 12.5 Å². The molecule has 0 saturated carbocycles. The number of carbonyl (C=O) groups is 1. The number of ether oxygens (including phenoxy) is 2. The molecule has 122 valence electrons. The lowest BCUT2D eigenvalue weighted by atomic mass is 9.98. The van der Waals surface area contributed by atoms with Crippen molar-refractivity contribution in [1.82, 2.24) is 0 Å². The Morgan fingerprint density at radius 1 is 1.13 bits per heavy atom. The van der Waals surface area contributed by atoms with Crippen LogP contribution in [0, 0.1) is 6.92 Å². The molecule has 1 amide bonds. The van der Waals surface area contributed by atoms with E-state index in [0.29, 0.717) is 17.2 Å². The molecule has 0 spiro atoms. The van der Waals surface area contributed by atoms with E-state index in [9.17, 15) is 4.79 Å². The van der Waals surface area contributed by atoms with Gasteiger partial charge in [0.1, 0.15) is 0 Å². The zero-order valence-corrected chi connectivity index (χ0v) is 13.6. The SMILES string of the molecule is COc1cc(C)c(NC(=O)C(CN)c2ccccc2)cc1OC. The summed E-state index contributed by atoms with van der Waals surface area (Å²) >= 11 is 0. The largest absolute Gasteiger partial charge is 0.493 e. The van der Waals surface area contributed by atoms with Gasteiger partial charge in [-0.15, -0.1) is 0 Å². The van der Waals surface area contributed by atoms with Crippen LogP contribution in [0.1, 0.15) is 17.0 Å². The van der Waals surface area contributed by atoms with Gasteiger partial charge in [0.05, 0.1) is 20.1 Å². The average molecular weight is 314 g/mol. The van der Waals surface area contributed by atoms with Gasteiger partial charge in [0.15, 0.2) is 11.5 Å². The molecule has 0 heterocycles. The number of amides is 1. The molecule has 0 radical (unpaired) electrons. The monoisotopic (exact) mass is 314 g/mol. The van der Waals surface area contributed by atoms with Crippen molar-refractivity contribution in [2.24, 2.45) is 5.73 Å². The van der Waals surface area contributed by atoms with Gasteiger partial charge in [-0.05, 0) is 24.1 Å². The predicted molar refractivity (Wildman–Crippen MR) is 91.2 cm³/mol.